The van der Waals surface area contributed by atoms with Crippen LogP contribution in [0.5, 0.6) is 0 Å². The second-order valence-corrected chi connectivity index (χ2v) is 8.99. The highest BCUT2D eigenvalue weighted by Gasteiger charge is 2.62. The molecule has 2 aromatic rings. The highest BCUT2D eigenvalue weighted by atomic mass is 16.5. The molecule has 1 amide bonds. The van der Waals surface area contributed by atoms with Gasteiger partial charge in [-0.3, -0.25) is 9.69 Å². The summed E-state index contributed by atoms with van der Waals surface area (Å²) in [6.07, 6.45) is 7.26. The van der Waals surface area contributed by atoms with Crippen molar-refractivity contribution in [2.75, 3.05) is 19.6 Å². The predicted octanol–water partition coefficient (Wildman–Crippen LogP) is 2.69. The molecular weight excluding hydrogens is 364 g/mol. The first-order valence-corrected chi connectivity index (χ1v) is 10.8. The van der Waals surface area contributed by atoms with E-state index in [9.17, 15) is 4.79 Å². The third-order valence-corrected chi connectivity index (χ3v) is 7.02. The van der Waals surface area contributed by atoms with Gasteiger partial charge in [-0.05, 0) is 37.5 Å². The van der Waals surface area contributed by atoms with Crippen molar-refractivity contribution in [1.82, 2.24) is 20.0 Å². The molecule has 0 saturated carbocycles. The second kappa shape index (κ2) is 7.26. The molecular formula is C23H30N4O2. The van der Waals surface area contributed by atoms with Crippen molar-refractivity contribution < 1.29 is 9.53 Å². The van der Waals surface area contributed by atoms with Crippen molar-refractivity contribution in [2.45, 2.75) is 51.4 Å². The van der Waals surface area contributed by atoms with E-state index in [4.69, 9.17) is 4.74 Å². The van der Waals surface area contributed by atoms with E-state index >= 15 is 0 Å². The molecule has 2 bridgehead atoms. The lowest BCUT2D eigenvalue weighted by Gasteiger charge is -2.29. The molecule has 6 heteroatoms. The minimum atomic E-state index is -0.00118. The summed E-state index contributed by atoms with van der Waals surface area (Å²) in [5, 5.41) is 7.68. The third kappa shape index (κ3) is 3.38. The first kappa shape index (κ1) is 18.8. The van der Waals surface area contributed by atoms with E-state index in [1.165, 1.54) is 11.1 Å². The molecule has 5 rings (SSSR count). The van der Waals surface area contributed by atoms with Crippen LogP contribution in [0.2, 0.25) is 0 Å². The summed E-state index contributed by atoms with van der Waals surface area (Å²) in [7, 11) is 0. The highest BCUT2D eigenvalue weighted by Crippen LogP contribution is 2.54. The first-order valence-electron chi connectivity index (χ1n) is 10.8. The standard InChI is InChI=1S/C23H30N4O2/c1-3-22(28)24-11-19-20-14-26(15-23(20)8-7-21(19)29-23)12-17-10-25-27(13-17)18-6-4-5-16(2)9-18/h4-6,9-10,13,19-21H,3,7-8,11-12,14-15H2,1-2H3,(H,24,28)/t19-,20+,21+,23+/m0/s1. The van der Waals surface area contributed by atoms with Crippen molar-refractivity contribution >= 4 is 5.91 Å². The number of benzene rings is 1. The molecule has 3 fully saturated rings. The number of likely N-dealkylation sites (tertiary alicyclic amines) is 1. The van der Waals surface area contributed by atoms with Crippen LogP contribution in [-0.4, -0.2) is 51.9 Å². The van der Waals surface area contributed by atoms with E-state index in [-0.39, 0.29) is 11.5 Å². The van der Waals surface area contributed by atoms with Crippen molar-refractivity contribution in [3.8, 4) is 5.69 Å². The van der Waals surface area contributed by atoms with E-state index in [0.717, 1.165) is 44.7 Å². The maximum Gasteiger partial charge on any atom is 0.219 e. The van der Waals surface area contributed by atoms with Crippen LogP contribution in [0.3, 0.4) is 0 Å². The topological polar surface area (TPSA) is 59.4 Å². The second-order valence-electron chi connectivity index (χ2n) is 8.99. The van der Waals surface area contributed by atoms with Crippen LogP contribution in [-0.2, 0) is 16.1 Å². The third-order valence-electron chi connectivity index (χ3n) is 7.02. The minimum absolute atomic E-state index is 0.00118. The first-order chi connectivity index (χ1) is 14.1. The summed E-state index contributed by atoms with van der Waals surface area (Å²) < 4.78 is 8.47. The van der Waals surface area contributed by atoms with Gasteiger partial charge in [-0.15, -0.1) is 0 Å². The molecule has 1 aromatic heterocycles. The SMILES string of the molecule is CCC(=O)NC[C@H]1[C@H]2CN(Cc3cnn(-c4cccc(C)c4)c3)C[C@]23CC[C@H]1O3. The molecule has 1 N–H and O–H groups in total. The number of carbonyl (C=O) groups is 1. The Labute approximate surface area is 172 Å². The lowest BCUT2D eigenvalue weighted by molar-refractivity contribution is -0.121. The average molecular weight is 395 g/mol. The molecule has 0 unspecified atom stereocenters. The molecule has 0 aliphatic carbocycles. The number of carbonyl (C=O) groups excluding carboxylic acids is 1. The monoisotopic (exact) mass is 394 g/mol. The van der Waals surface area contributed by atoms with Gasteiger partial charge in [0.2, 0.25) is 5.91 Å². The largest absolute Gasteiger partial charge is 0.370 e. The maximum absolute atomic E-state index is 11.7. The average Bonchev–Trinajstić information content (AvgIpc) is 3.46. The summed E-state index contributed by atoms with van der Waals surface area (Å²) in [6, 6.07) is 8.41. The van der Waals surface area contributed by atoms with Gasteiger partial charge in [0.25, 0.3) is 0 Å². The molecule has 0 radical (unpaired) electrons. The summed E-state index contributed by atoms with van der Waals surface area (Å²) in [6.45, 7) is 7.68. The molecule has 154 valence electrons. The minimum Gasteiger partial charge on any atom is -0.370 e. The molecule has 4 atom stereocenters. The number of aryl methyl sites for hydroxylation is 1. The zero-order chi connectivity index (χ0) is 20.0. The van der Waals surface area contributed by atoms with Gasteiger partial charge in [0.05, 0.1) is 23.6 Å². The van der Waals surface area contributed by atoms with Crippen molar-refractivity contribution in [2.24, 2.45) is 11.8 Å². The Morgan fingerprint density at radius 2 is 2.31 bits per heavy atom. The number of nitrogens with zero attached hydrogens (tertiary/aromatic N) is 3. The fourth-order valence-corrected chi connectivity index (χ4v) is 5.65. The Morgan fingerprint density at radius 1 is 1.41 bits per heavy atom. The zero-order valence-corrected chi connectivity index (χ0v) is 17.3. The normalized spacial score (nSPS) is 30.6. The van der Waals surface area contributed by atoms with Crippen LogP contribution in [0, 0.1) is 18.8 Å². The van der Waals surface area contributed by atoms with E-state index in [1.54, 1.807) is 0 Å². The summed E-state index contributed by atoms with van der Waals surface area (Å²) in [4.78, 5) is 14.3. The van der Waals surface area contributed by atoms with E-state index in [0.29, 0.717) is 24.4 Å². The molecule has 3 aliphatic heterocycles. The van der Waals surface area contributed by atoms with Crippen LogP contribution >= 0.6 is 0 Å². The summed E-state index contributed by atoms with van der Waals surface area (Å²) in [5.41, 5.74) is 3.56. The van der Waals surface area contributed by atoms with E-state index in [1.807, 2.05) is 17.8 Å². The van der Waals surface area contributed by atoms with Gasteiger partial charge in [-0.25, -0.2) is 4.68 Å². The lowest BCUT2D eigenvalue weighted by Crippen LogP contribution is -2.41. The van der Waals surface area contributed by atoms with Crippen molar-refractivity contribution in [3.05, 3.63) is 47.8 Å². The van der Waals surface area contributed by atoms with Gasteiger partial charge in [0.1, 0.15) is 0 Å². The molecule has 3 saturated heterocycles. The Kier molecular flexibility index (Phi) is 4.71. The van der Waals surface area contributed by atoms with E-state index < -0.39 is 0 Å². The molecule has 4 heterocycles. The zero-order valence-electron chi connectivity index (χ0n) is 17.3. The van der Waals surface area contributed by atoms with Gasteiger partial charge in [-0.2, -0.15) is 5.10 Å². The lowest BCUT2D eigenvalue weighted by atomic mass is 9.73. The number of amides is 1. The predicted molar refractivity (Wildman–Crippen MR) is 111 cm³/mol. The number of aromatic nitrogens is 2. The van der Waals surface area contributed by atoms with Gasteiger partial charge >= 0.3 is 0 Å². The Bertz CT molecular complexity index is 910. The maximum atomic E-state index is 11.7. The van der Waals surface area contributed by atoms with Crippen LogP contribution in [0.25, 0.3) is 5.69 Å². The van der Waals surface area contributed by atoms with Gasteiger partial charge in [0, 0.05) is 56.2 Å². The number of nitrogens with one attached hydrogen (secondary N) is 1. The number of hydrogen-bond donors (Lipinski definition) is 1. The van der Waals surface area contributed by atoms with Crippen LogP contribution < -0.4 is 5.32 Å². The van der Waals surface area contributed by atoms with Crippen LogP contribution in [0.15, 0.2) is 36.7 Å². The Morgan fingerprint density at radius 3 is 3.14 bits per heavy atom. The van der Waals surface area contributed by atoms with Gasteiger partial charge < -0.3 is 10.1 Å². The molecule has 1 spiro atoms. The highest BCUT2D eigenvalue weighted by molar-refractivity contribution is 5.75. The van der Waals surface area contributed by atoms with Crippen molar-refractivity contribution in [3.63, 3.8) is 0 Å². The van der Waals surface area contributed by atoms with Crippen LogP contribution in [0.1, 0.15) is 37.3 Å². The smallest absolute Gasteiger partial charge is 0.219 e. The van der Waals surface area contributed by atoms with E-state index in [2.05, 4.69) is 52.7 Å². The fourth-order valence-electron chi connectivity index (χ4n) is 5.65. The van der Waals surface area contributed by atoms with Gasteiger partial charge in [-0.1, -0.05) is 19.1 Å². The number of hydrogen-bond acceptors (Lipinski definition) is 4. The fraction of sp³-hybridized carbons (Fsp3) is 0.565. The summed E-state index contributed by atoms with van der Waals surface area (Å²) >= 11 is 0. The Hall–Kier alpha value is -2.18. The number of rotatable bonds is 6. The molecule has 1 aromatic carbocycles. The quantitative estimate of drug-likeness (QED) is 0.818. The molecule has 6 nitrogen and oxygen atoms in total. The number of fused-ring (bicyclic) bond motifs is 1. The molecule has 3 aliphatic rings. The molecule has 29 heavy (non-hydrogen) atoms. The van der Waals surface area contributed by atoms with Gasteiger partial charge in [0.15, 0.2) is 0 Å². The van der Waals surface area contributed by atoms with Crippen LogP contribution in [0.4, 0.5) is 0 Å². The number of ether oxygens (including phenoxy) is 1. The van der Waals surface area contributed by atoms with Crippen molar-refractivity contribution in [1.29, 1.82) is 0 Å². The summed E-state index contributed by atoms with van der Waals surface area (Å²) in [5.74, 6) is 1.10. The Balaban J connectivity index is 1.26.